The van der Waals surface area contributed by atoms with Crippen molar-refractivity contribution < 1.29 is 4.42 Å². The third kappa shape index (κ3) is 4.08. The Morgan fingerprint density at radius 3 is 2.84 bits per heavy atom. The molecule has 0 aliphatic heterocycles. The van der Waals surface area contributed by atoms with Crippen molar-refractivity contribution in [1.29, 1.82) is 0 Å². The minimum atomic E-state index is 0.746. The molecule has 2 aliphatic rings. The van der Waals surface area contributed by atoms with Crippen LogP contribution in [0.1, 0.15) is 50.4 Å². The first kappa shape index (κ1) is 13.2. The highest BCUT2D eigenvalue weighted by Gasteiger charge is 2.25. The zero-order chi connectivity index (χ0) is 13.1. The van der Waals surface area contributed by atoms with Crippen LogP contribution in [-0.4, -0.2) is 24.0 Å². The molecule has 0 spiro atoms. The topological polar surface area (TPSA) is 28.4 Å². The van der Waals surface area contributed by atoms with Gasteiger partial charge in [-0.3, -0.25) is 4.90 Å². The molecule has 3 nitrogen and oxygen atoms in total. The summed E-state index contributed by atoms with van der Waals surface area (Å²) < 4.78 is 5.65. The molecular weight excluding hydrogens is 236 g/mol. The molecule has 0 amide bonds. The molecule has 0 unspecified atom stereocenters. The van der Waals surface area contributed by atoms with Gasteiger partial charge in [0, 0.05) is 24.7 Å². The van der Waals surface area contributed by atoms with Crippen LogP contribution < -0.4 is 5.32 Å². The highest BCUT2D eigenvalue weighted by molar-refractivity contribution is 5.17. The van der Waals surface area contributed by atoms with Crippen molar-refractivity contribution >= 4 is 0 Å². The van der Waals surface area contributed by atoms with Crippen molar-refractivity contribution in [2.24, 2.45) is 5.92 Å². The van der Waals surface area contributed by atoms with Crippen molar-refractivity contribution in [3.63, 3.8) is 0 Å². The third-order valence-corrected chi connectivity index (χ3v) is 4.11. The molecule has 0 atom stereocenters. The Hall–Kier alpha value is -0.800. The summed E-state index contributed by atoms with van der Waals surface area (Å²) in [7, 11) is 0. The van der Waals surface area contributed by atoms with E-state index in [9.17, 15) is 0 Å². The maximum atomic E-state index is 5.65. The summed E-state index contributed by atoms with van der Waals surface area (Å²) in [5.41, 5.74) is 1.38. The van der Waals surface area contributed by atoms with E-state index in [0.717, 1.165) is 30.8 Å². The smallest absolute Gasteiger partial charge is 0.122 e. The summed E-state index contributed by atoms with van der Waals surface area (Å²) in [5.74, 6) is 2.11. The molecule has 0 saturated heterocycles. The number of nitrogens with zero attached hydrogens (tertiary/aromatic N) is 1. The van der Waals surface area contributed by atoms with E-state index in [0.29, 0.717) is 0 Å². The Balaban J connectivity index is 1.54. The fourth-order valence-corrected chi connectivity index (χ4v) is 2.65. The van der Waals surface area contributed by atoms with Gasteiger partial charge in [0.2, 0.25) is 0 Å². The molecule has 1 heterocycles. The largest absolute Gasteiger partial charge is 0.468 e. The molecule has 2 saturated carbocycles. The lowest BCUT2D eigenvalue weighted by Gasteiger charge is -2.21. The van der Waals surface area contributed by atoms with Crippen molar-refractivity contribution in [3.05, 3.63) is 23.7 Å². The summed E-state index contributed by atoms with van der Waals surface area (Å²) in [6, 6.07) is 2.90. The van der Waals surface area contributed by atoms with Gasteiger partial charge < -0.3 is 9.73 Å². The summed E-state index contributed by atoms with van der Waals surface area (Å²) >= 11 is 0. The molecule has 3 rings (SSSR count). The SMILES string of the molecule is CCCN(Cc1ccoc1CNC1CC1)CC1CC1. The van der Waals surface area contributed by atoms with Crippen LogP contribution in [0.3, 0.4) is 0 Å². The first-order valence-corrected chi connectivity index (χ1v) is 7.86. The van der Waals surface area contributed by atoms with Crippen molar-refractivity contribution in [1.82, 2.24) is 10.2 Å². The van der Waals surface area contributed by atoms with Gasteiger partial charge in [-0.2, -0.15) is 0 Å². The first-order valence-electron chi connectivity index (χ1n) is 7.86. The summed E-state index contributed by atoms with van der Waals surface area (Å²) in [6.07, 6.45) is 8.61. The average molecular weight is 262 g/mol. The second-order valence-corrected chi connectivity index (χ2v) is 6.20. The number of nitrogens with one attached hydrogen (secondary N) is 1. The molecule has 3 heteroatoms. The molecule has 2 fully saturated rings. The van der Waals surface area contributed by atoms with Gasteiger partial charge in [0.05, 0.1) is 12.8 Å². The first-order chi connectivity index (χ1) is 9.35. The highest BCUT2D eigenvalue weighted by Crippen LogP contribution is 2.30. The lowest BCUT2D eigenvalue weighted by Crippen LogP contribution is -2.27. The standard InChI is InChI=1S/C16H26N2O/c1-2-8-18(11-13-3-4-13)12-14-7-9-19-16(14)10-17-15-5-6-15/h7,9,13,15,17H,2-6,8,10-12H2,1H3. The number of hydrogen-bond donors (Lipinski definition) is 1. The molecule has 0 radical (unpaired) electrons. The van der Waals surface area contributed by atoms with E-state index in [1.54, 1.807) is 0 Å². The van der Waals surface area contributed by atoms with E-state index in [2.05, 4.69) is 23.2 Å². The van der Waals surface area contributed by atoms with Gasteiger partial charge in [-0.25, -0.2) is 0 Å². The summed E-state index contributed by atoms with van der Waals surface area (Å²) in [4.78, 5) is 2.60. The van der Waals surface area contributed by atoms with Gasteiger partial charge in [0.1, 0.15) is 5.76 Å². The molecular formula is C16H26N2O. The van der Waals surface area contributed by atoms with Crippen molar-refractivity contribution in [2.45, 2.75) is 58.2 Å². The van der Waals surface area contributed by atoms with E-state index in [1.165, 1.54) is 50.8 Å². The second kappa shape index (κ2) is 6.10. The highest BCUT2D eigenvalue weighted by atomic mass is 16.3. The Kier molecular flexibility index (Phi) is 4.24. The molecule has 2 aliphatic carbocycles. The molecule has 1 aromatic heterocycles. The van der Waals surface area contributed by atoms with E-state index in [4.69, 9.17) is 4.42 Å². The summed E-state index contributed by atoms with van der Waals surface area (Å²) in [6.45, 7) is 6.70. The quantitative estimate of drug-likeness (QED) is 0.741. The predicted molar refractivity (Wildman–Crippen MR) is 76.9 cm³/mol. The van der Waals surface area contributed by atoms with E-state index in [-0.39, 0.29) is 0 Å². The van der Waals surface area contributed by atoms with E-state index in [1.807, 2.05) is 6.26 Å². The average Bonchev–Trinajstić information content (AvgIpc) is 3.30. The Bertz CT molecular complexity index is 393. The predicted octanol–water partition coefficient (Wildman–Crippen LogP) is 3.15. The third-order valence-electron chi connectivity index (χ3n) is 4.11. The minimum absolute atomic E-state index is 0.746. The van der Waals surface area contributed by atoms with Crippen LogP contribution in [0.25, 0.3) is 0 Å². The number of hydrogen-bond acceptors (Lipinski definition) is 3. The number of rotatable bonds is 9. The Morgan fingerprint density at radius 2 is 2.16 bits per heavy atom. The molecule has 0 aromatic carbocycles. The molecule has 0 bridgehead atoms. The van der Waals surface area contributed by atoms with Gasteiger partial charge >= 0.3 is 0 Å². The van der Waals surface area contributed by atoms with Crippen LogP contribution in [0.2, 0.25) is 0 Å². The monoisotopic (exact) mass is 262 g/mol. The van der Waals surface area contributed by atoms with Gasteiger partial charge in [-0.1, -0.05) is 6.92 Å². The van der Waals surface area contributed by atoms with Crippen LogP contribution in [-0.2, 0) is 13.1 Å². The van der Waals surface area contributed by atoms with Gasteiger partial charge in [0.25, 0.3) is 0 Å². The number of furan rings is 1. The maximum absolute atomic E-state index is 5.65. The zero-order valence-electron chi connectivity index (χ0n) is 12.0. The molecule has 1 aromatic rings. The van der Waals surface area contributed by atoms with Crippen LogP contribution in [0, 0.1) is 5.92 Å². The normalized spacial score (nSPS) is 19.3. The lowest BCUT2D eigenvalue weighted by molar-refractivity contribution is 0.252. The van der Waals surface area contributed by atoms with Crippen LogP contribution in [0.5, 0.6) is 0 Å². The van der Waals surface area contributed by atoms with E-state index < -0.39 is 0 Å². The summed E-state index contributed by atoms with van der Waals surface area (Å²) in [5, 5.41) is 3.55. The zero-order valence-corrected chi connectivity index (χ0v) is 12.0. The second-order valence-electron chi connectivity index (χ2n) is 6.20. The fourth-order valence-electron chi connectivity index (χ4n) is 2.65. The van der Waals surface area contributed by atoms with Gasteiger partial charge in [-0.15, -0.1) is 0 Å². The van der Waals surface area contributed by atoms with Gasteiger partial charge in [-0.05, 0) is 50.6 Å². The minimum Gasteiger partial charge on any atom is -0.468 e. The van der Waals surface area contributed by atoms with Crippen LogP contribution in [0.15, 0.2) is 16.7 Å². The Morgan fingerprint density at radius 1 is 1.32 bits per heavy atom. The van der Waals surface area contributed by atoms with Gasteiger partial charge in [0.15, 0.2) is 0 Å². The van der Waals surface area contributed by atoms with Crippen LogP contribution >= 0.6 is 0 Å². The molecule has 106 valence electrons. The molecule has 19 heavy (non-hydrogen) atoms. The maximum Gasteiger partial charge on any atom is 0.122 e. The molecule has 1 N–H and O–H groups in total. The van der Waals surface area contributed by atoms with Crippen molar-refractivity contribution in [3.8, 4) is 0 Å². The Labute approximate surface area is 116 Å². The van der Waals surface area contributed by atoms with Crippen LogP contribution in [0.4, 0.5) is 0 Å². The fraction of sp³-hybridized carbons (Fsp3) is 0.750. The lowest BCUT2D eigenvalue weighted by atomic mass is 10.2. The van der Waals surface area contributed by atoms with Crippen molar-refractivity contribution in [2.75, 3.05) is 13.1 Å². The van der Waals surface area contributed by atoms with E-state index >= 15 is 0 Å².